The molecular formula is C14H11ClN2O. The summed E-state index contributed by atoms with van der Waals surface area (Å²) in [6.07, 6.45) is 0. The van der Waals surface area contributed by atoms with Crippen molar-refractivity contribution < 1.29 is 4.79 Å². The SMILES string of the molecule is NN=C(C(=O)c1ccccc1)c1ccc(Cl)cc1. The van der Waals surface area contributed by atoms with Crippen LogP contribution in [0.5, 0.6) is 0 Å². The number of nitrogens with zero attached hydrogens (tertiary/aromatic N) is 1. The van der Waals surface area contributed by atoms with E-state index < -0.39 is 0 Å². The van der Waals surface area contributed by atoms with Crippen molar-refractivity contribution in [3.63, 3.8) is 0 Å². The highest BCUT2D eigenvalue weighted by atomic mass is 35.5. The fourth-order valence-corrected chi connectivity index (χ4v) is 1.72. The molecule has 18 heavy (non-hydrogen) atoms. The molecule has 0 heterocycles. The van der Waals surface area contributed by atoms with Gasteiger partial charge in [-0.05, 0) is 12.1 Å². The number of carbonyl (C=O) groups excluding carboxylic acids is 1. The summed E-state index contributed by atoms with van der Waals surface area (Å²) in [6, 6.07) is 15.7. The van der Waals surface area contributed by atoms with Crippen LogP contribution < -0.4 is 5.84 Å². The number of halogens is 1. The molecule has 2 rings (SSSR count). The highest BCUT2D eigenvalue weighted by Gasteiger charge is 2.15. The first-order valence-corrected chi connectivity index (χ1v) is 5.73. The van der Waals surface area contributed by atoms with Gasteiger partial charge in [0.1, 0.15) is 5.71 Å². The number of carbonyl (C=O) groups is 1. The molecule has 0 saturated carbocycles. The number of rotatable bonds is 3. The molecule has 2 aromatic carbocycles. The van der Waals surface area contributed by atoms with Crippen molar-refractivity contribution in [2.75, 3.05) is 0 Å². The lowest BCUT2D eigenvalue weighted by atomic mass is 10.0. The van der Waals surface area contributed by atoms with Crippen molar-refractivity contribution in [3.05, 3.63) is 70.7 Å². The van der Waals surface area contributed by atoms with Gasteiger partial charge >= 0.3 is 0 Å². The quantitative estimate of drug-likeness (QED) is 0.398. The van der Waals surface area contributed by atoms with E-state index in [1.165, 1.54) is 0 Å². The number of benzene rings is 2. The van der Waals surface area contributed by atoms with Gasteiger partial charge in [-0.15, -0.1) is 0 Å². The highest BCUT2D eigenvalue weighted by Crippen LogP contribution is 2.13. The van der Waals surface area contributed by atoms with Gasteiger partial charge in [-0.1, -0.05) is 54.1 Å². The van der Waals surface area contributed by atoms with Crippen LogP contribution in [0.3, 0.4) is 0 Å². The van der Waals surface area contributed by atoms with Crippen molar-refractivity contribution in [2.24, 2.45) is 10.9 Å². The third-order valence-corrected chi connectivity index (χ3v) is 2.75. The maximum Gasteiger partial charge on any atom is 0.213 e. The summed E-state index contributed by atoms with van der Waals surface area (Å²) in [5.41, 5.74) is 1.42. The monoisotopic (exact) mass is 258 g/mol. The first-order valence-electron chi connectivity index (χ1n) is 5.36. The van der Waals surface area contributed by atoms with Crippen LogP contribution in [0, 0.1) is 0 Å². The van der Waals surface area contributed by atoms with Gasteiger partial charge in [-0.2, -0.15) is 5.10 Å². The Labute approximate surface area is 110 Å². The molecule has 0 fully saturated rings. The van der Waals surface area contributed by atoms with E-state index in [0.717, 1.165) is 0 Å². The molecule has 0 aliphatic carbocycles. The molecule has 0 unspecified atom stereocenters. The van der Waals surface area contributed by atoms with E-state index in [4.69, 9.17) is 17.4 Å². The second kappa shape index (κ2) is 5.47. The van der Waals surface area contributed by atoms with E-state index in [-0.39, 0.29) is 11.5 Å². The minimum Gasteiger partial charge on any atom is -0.323 e. The Balaban J connectivity index is 2.36. The third kappa shape index (κ3) is 2.57. The fraction of sp³-hybridized carbons (Fsp3) is 0. The zero-order valence-electron chi connectivity index (χ0n) is 9.51. The lowest BCUT2D eigenvalue weighted by Gasteiger charge is -2.04. The number of hydrogen-bond donors (Lipinski definition) is 1. The number of ketones is 1. The van der Waals surface area contributed by atoms with E-state index in [2.05, 4.69) is 5.10 Å². The Morgan fingerprint density at radius 2 is 1.56 bits per heavy atom. The van der Waals surface area contributed by atoms with Crippen LogP contribution >= 0.6 is 11.6 Å². The minimum atomic E-state index is -0.208. The molecule has 0 atom stereocenters. The second-order valence-electron chi connectivity index (χ2n) is 3.68. The van der Waals surface area contributed by atoms with E-state index in [1.807, 2.05) is 6.07 Å². The zero-order valence-corrected chi connectivity index (χ0v) is 10.3. The van der Waals surface area contributed by atoms with Crippen LogP contribution in [0.15, 0.2) is 59.7 Å². The van der Waals surface area contributed by atoms with Gasteiger partial charge in [0.2, 0.25) is 5.78 Å². The average Bonchev–Trinajstić information content (AvgIpc) is 2.42. The number of hydrazone groups is 1. The van der Waals surface area contributed by atoms with Gasteiger partial charge < -0.3 is 5.84 Å². The van der Waals surface area contributed by atoms with Gasteiger partial charge in [0.05, 0.1) is 0 Å². The predicted molar refractivity (Wildman–Crippen MR) is 72.9 cm³/mol. The normalized spacial score (nSPS) is 11.3. The number of nitrogens with two attached hydrogens (primary N) is 1. The Morgan fingerprint density at radius 3 is 2.11 bits per heavy atom. The molecular weight excluding hydrogens is 248 g/mol. The molecule has 0 bridgehead atoms. The molecule has 0 radical (unpaired) electrons. The van der Waals surface area contributed by atoms with E-state index >= 15 is 0 Å². The summed E-state index contributed by atoms with van der Waals surface area (Å²) in [5.74, 6) is 5.11. The number of hydrogen-bond acceptors (Lipinski definition) is 3. The first-order chi connectivity index (χ1) is 8.72. The van der Waals surface area contributed by atoms with Crippen molar-refractivity contribution in [3.8, 4) is 0 Å². The van der Waals surface area contributed by atoms with Gasteiger partial charge in [0.15, 0.2) is 0 Å². The number of Topliss-reactive ketones (excluding diaryl/α,β-unsaturated/α-hetero) is 1. The van der Waals surface area contributed by atoms with Crippen LogP contribution in [-0.4, -0.2) is 11.5 Å². The summed E-state index contributed by atoms with van der Waals surface area (Å²) in [5, 5.41) is 4.19. The molecule has 0 aromatic heterocycles. The maximum absolute atomic E-state index is 12.2. The topological polar surface area (TPSA) is 55.4 Å². The van der Waals surface area contributed by atoms with Crippen LogP contribution in [0.4, 0.5) is 0 Å². The third-order valence-electron chi connectivity index (χ3n) is 2.50. The smallest absolute Gasteiger partial charge is 0.213 e. The van der Waals surface area contributed by atoms with Crippen molar-refractivity contribution >= 4 is 23.1 Å². The maximum atomic E-state index is 12.2. The van der Waals surface area contributed by atoms with Crippen LogP contribution in [0.2, 0.25) is 5.02 Å². The highest BCUT2D eigenvalue weighted by molar-refractivity contribution is 6.51. The summed E-state index contributed by atoms with van der Waals surface area (Å²) < 4.78 is 0. The summed E-state index contributed by atoms with van der Waals surface area (Å²) in [7, 11) is 0. The Morgan fingerprint density at radius 1 is 0.944 bits per heavy atom. The standard InChI is InChI=1S/C14H11ClN2O/c15-12-8-6-10(7-9-12)13(17-16)14(18)11-4-2-1-3-5-11/h1-9H,16H2. The predicted octanol–water partition coefficient (Wildman–Crippen LogP) is 2.89. The molecule has 3 nitrogen and oxygen atoms in total. The second-order valence-corrected chi connectivity index (χ2v) is 4.12. The molecule has 0 saturated heterocycles. The lowest BCUT2D eigenvalue weighted by Crippen LogP contribution is -2.17. The van der Waals surface area contributed by atoms with E-state index in [0.29, 0.717) is 16.1 Å². The molecule has 90 valence electrons. The zero-order chi connectivity index (χ0) is 13.0. The van der Waals surface area contributed by atoms with Crippen LogP contribution in [-0.2, 0) is 0 Å². The largest absolute Gasteiger partial charge is 0.323 e. The van der Waals surface area contributed by atoms with Crippen LogP contribution in [0.1, 0.15) is 15.9 Å². The minimum absolute atomic E-state index is 0.208. The molecule has 4 heteroatoms. The van der Waals surface area contributed by atoms with Crippen LogP contribution in [0.25, 0.3) is 0 Å². The Hall–Kier alpha value is -2.13. The van der Waals surface area contributed by atoms with Gasteiger partial charge in [0.25, 0.3) is 0 Å². The Kier molecular flexibility index (Phi) is 3.75. The molecule has 0 aliphatic rings. The van der Waals surface area contributed by atoms with E-state index in [9.17, 15) is 4.79 Å². The average molecular weight is 259 g/mol. The summed E-state index contributed by atoms with van der Waals surface area (Å²) in [4.78, 5) is 12.2. The summed E-state index contributed by atoms with van der Waals surface area (Å²) in [6.45, 7) is 0. The first kappa shape index (κ1) is 12.3. The van der Waals surface area contributed by atoms with Crippen molar-refractivity contribution in [1.82, 2.24) is 0 Å². The van der Waals surface area contributed by atoms with E-state index in [1.54, 1.807) is 48.5 Å². The van der Waals surface area contributed by atoms with Gasteiger partial charge in [-0.25, -0.2) is 0 Å². The fourth-order valence-electron chi connectivity index (χ4n) is 1.60. The molecule has 0 amide bonds. The summed E-state index contributed by atoms with van der Waals surface area (Å²) >= 11 is 5.80. The Bertz CT molecular complexity index is 577. The van der Waals surface area contributed by atoms with Gasteiger partial charge in [-0.3, -0.25) is 4.79 Å². The van der Waals surface area contributed by atoms with Gasteiger partial charge in [0, 0.05) is 16.1 Å². The van der Waals surface area contributed by atoms with Crippen molar-refractivity contribution in [1.29, 1.82) is 0 Å². The molecule has 0 spiro atoms. The lowest BCUT2D eigenvalue weighted by molar-refractivity contribution is 0.106. The van der Waals surface area contributed by atoms with Crippen molar-refractivity contribution in [2.45, 2.75) is 0 Å². The molecule has 0 aliphatic heterocycles. The molecule has 2 aromatic rings. The molecule has 2 N–H and O–H groups in total.